The molecule has 0 unspecified atom stereocenters. The molecule has 3 nitrogen and oxygen atoms in total. The first-order chi connectivity index (χ1) is 15.9. The van der Waals surface area contributed by atoms with Crippen LogP contribution in [0.25, 0.3) is 34.5 Å². The lowest BCUT2D eigenvalue weighted by atomic mass is 10.0. The smallest absolute Gasteiger partial charge is 0.213 e. The molecule has 5 heteroatoms. The minimum Gasteiger partial charge on any atom is -1.00 e. The van der Waals surface area contributed by atoms with Crippen molar-refractivity contribution in [3.05, 3.63) is 102 Å². The minimum absolute atomic E-state index is 0. The van der Waals surface area contributed by atoms with Crippen molar-refractivity contribution in [3.63, 3.8) is 0 Å². The zero-order valence-electron chi connectivity index (χ0n) is 19.8. The standard InChI is InChI=1S/C29H28FN2O.HI/c1-31(2)26-14-5-21(6-15-26)7-16-27-19-24(22-10-17-28(33-4)18-11-22)20-29(32(27)3)23-8-12-25(30)13-9-23;/h5-20H,1-4H3;1H/q+1;/p-1. The van der Waals surface area contributed by atoms with Crippen molar-refractivity contribution in [2.24, 2.45) is 7.05 Å². The third kappa shape index (κ3) is 5.83. The molecule has 0 atom stereocenters. The molecule has 0 aliphatic rings. The second-order valence-electron chi connectivity index (χ2n) is 8.17. The molecule has 4 aromatic rings. The monoisotopic (exact) mass is 566 g/mol. The van der Waals surface area contributed by atoms with Gasteiger partial charge >= 0.3 is 0 Å². The number of rotatable bonds is 6. The number of hydrogen-bond donors (Lipinski definition) is 0. The van der Waals surface area contributed by atoms with Gasteiger partial charge in [0.15, 0.2) is 0 Å². The van der Waals surface area contributed by atoms with Crippen LogP contribution in [0.1, 0.15) is 11.3 Å². The Morgan fingerprint density at radius 3 is 1.97 bits per heavy atom. The Hall–Kier alpha value is -3.19. The molecule has 0 fully saturated rings. The normalized spacial score (nSPS) is 10.7. The molecule has 0 saturated heterocycles. The molecule has 174 valence electrons. The molecule has 0 bridgehead atoms. The van der Waals surface area contributed by atoms with Crippen LogP contribution in [0.15, 0.2) is 84.9 Å². The summed E-state index contributed by atoms with van der Waals surface area (Å²) < 4.78 is 21.0. The molecule has 0 saturated carbocycles. The number of anilines is 1. The Labute approximate surface area is 218 Å². The van der Waals surface area contributed by atoms with Gasteiger partial charge in [-0.2, -0.15) is 4.57 Å². The third-order valence-electron chi connectivity index (χ3n) is 5.76. The molecular weight excluding hydrogens is 538 g/mol. The van der Waals surface area contributed by atoms with Crippen molar-refractivity contribution in [1.29, 1.82) is 0 Å². The summed E-state index contributed by atoms with van der Waals surface area (Å²) in [6.07, 6.45) is 4.23. The Bertz CT molecular complexity index is 1270. The molecule has 0 aliphatic heterocycles. The summed E-state index contributed by atoms with van der Waals surface area (Å²) in [6.45, 7) is 0. The van der Waals surface area contributed by atoms with Crippen LogP contribution >= 0.6 is 0 Å². The summed E-state index contributed by atoms with van der Waals surface area (Å²) in [5.41, 5.74) is 7.46. The van der Waals surface area contributed by atoms with Crippen molar-refractivity contribution in [3.8, 4) is 28.1 Å². The highest BCUT2D eigenvalue weighted by atomic mass is 127. The van der Waals surface area contributed by atoms with Gasteiger partial charge in [-0.25, -0.2) is 4.39 Å². The van der Waals surface area contributed by atoms with Crippen molar-refractivity contribution in [2.45, 2.75) is 0 Å². The van der Waals surface area contributed by atoms with E-state index in [9.17, 15) is 4.39 Å². The van der Waals surface area contributed by atoms with E-state index in [1.165, 1.54) is 12.1 Å². The fourth-order valence-electron chi connectivity index (χ4n) is 3.75. The van der Waals surface area contributed by atoms with Crippen LogP contribution in [0.5, 0.6) is 5.75 Å². The number of hydrogen-bond acceptors (Lipinski definition) is 2. The van der Waals surface area contributed by atoms with E-state index in [0.717, 1.165) is 45.1 Å². The number of methoxy groups -OCH3 is 1. The number of nitrogens with zero attached hydrogens (tertiary/aromatic N) is 2. The maximum Gasteiger partial charge on any atom is 0.213 e. The van der Waals surface area contributed by atoms with Crippen LogP contribution in [-0.4, -0.2) is 21.2 Å². The first-order valence-electron chi connectivity index (χ1n) is 10.8. The summed E-state index contributed by atoms with van der Waals surface area (Å²) in [4.78, 5) is 2.08. The van der Waals surface area contributed by atoms with E-state index < -0.39 is 0 Å². The van der Waals surface area contributed by atoms with Gasteiger partial charge in [0.1, 0.15) is 18.6 Å². The number of halogens is 2. The van der Waals surface area contributed by atoms with Crippen molar-refractivity contribution in [1.82, 2.24) is 0 Å². The molecular formula is C29H28FIN2O. The first-order valence-corrected chi connectivity index (χ1v) is 10.8. The van der Waals surface area contributed by atoms with E-state index >= 15 is 0 Å². The number of pyridine rings is 1. The SMILES string of the molecule is COc1ccc(-c2cc(/C=C/c3ccc(N(C)C)cc3)[n+](C)c(-c3ccc(F)cc3)c2)cc1.[I-]. The van der Waals surface area contributed by atoms with Gasteiger partial charge in [-0.15, -0.1) is 0 Å². The summed E-state index contributed by atoms with van der Waals surface area (Å²) in [6, 6.07) is 27.4. The molecule has 1 heterocycles. The largest absolute Gasteiger partial charge is 1.00 e. The van der Waals surface area contributed by atoms with E-state index in [1.54, 1.807) is 7.11 Å². The number of benzene rings is 3. The lowest BCUT2D eigenvalue weighted by molar-refractivity contribution is -0.662. The van der Waals surface area contributed by atoms with Crippen LogP contribution in [0.3, 0.4) is 0 Å². The maximum absolute atomic E-state index is 13.6. The highest BCUT2D eigenvalue weighted by Crippen LogP contribution is 2.27. The maximum atomic E-state index is 13.6. The van der Waals surface area contributed by atoms with Gasteiger partial charge in [0.2, 0.25) is 11.4 Å². The van der Waals surface area contributed by atoms with Crippen molar-refractivity contribution in [2.75, 3.05) is 26.1 Å². The molecule has 34 heavy (non-hydrogen) atoms. The average molecular weight is 566 g/mol. The molecule has 0 N–H and O–H groups in total. The Balaban J connectivity index is 0.00000324. The summed E-state index contributed by atoms with van der Waals surface area (Å²) in [5, 5.41) is 0. The van der Waals surface area contributed by atoms with E-state index in [0.29, 0.717) is 0 Å². The van der Waals surface area contributed by atoms with E-state index in [-0.39, 0.29) is 29.8 Å². The lowest BCUT2D eigenvalue weighted by Crippen LogP contribution is -3.00. The van der Waals surface area contributed by atoms with Crippen molar-refractivity contribution < 1.29 is 37.7 Å². The predicted molar refractivity (Wildman–Crippen MR) is 135 cm³/mol. The van der Waals surface area contributed by atoms with Gasteiger partial charge in [-0.1, -0.05) is 24.3 Å². The van der Waals surface area contributed by atoms with Gasteiger partial charge in [0.05, 0.1) is 7.11 Å². The minimum atomic E-state index is -0.242. The second kappa shape index (κ2) is 11.3. The van der Waals surface area contributed by atoms with Gasteiger partial charge in [0.25, 0.3) is 0 Å². The Morgan fingerprint density at radius 2 is 1.38 bits per heavy atom. The quantitative estimate of drug-likeness (QED) is 0.264. The van der Waals surface area contributed by atoms with Crippen LogP contribution < -0.4 is 38.2 Å². The molecule has 0 amide bonds. The van der Waals surface area contributed by atoms with Crippen LogP contribution in [0.4, 0.5) is 10.1 Å². The highest BCUT2D eigenvalue weighted by Gasteiger charge is 2.17. The molecule has 0 spiro atoms. The zero-order valence-corrected chi connectivity index (χ0v) is 22.0. The fourth-order valence-corrected chi connectivity index (χ4v) is 3.75. The van der Waals surface area contributed by atoms with E-state index in [4.69, 9.17) is 4.74 Å². The van der Waals surface area contributed by atoms with Gasteiger partial charge in [-0.3, -0.25) is 0 Å². The molecule has 0 radical (unpaired) electrons. The predicted octanol–water partition coefficient (Wildman–Crippen LogP) is 3.23. The van der Waals surface area contributed by atoms with Gasteiger partial charge in [0, 0.05) is 43.6 Å². The zero-order chi connectivity index (χ0) is 23.4. The molecule has 4 rings (SSSR count). The van der Waals surface area contributed by atoms with Gasteiger partial charge < -0.3 is 33.6 Å². The van der Waals surface area contributed by atoms with Crippen LogP contribution in [0.2, 0.25) is 0 Å². The average Bonchev–Trinajstić information content (AvgIpc) is 2.84. The topological polar surface area (TPSA) is 16.4 Å². The second-order valence-corrected chi connectivity index (χ2v) is 8.17. The van der Waals surface area contributed by atoms with E-state index in [2.05, 4.69) is 70.1 Å². The first kappa shape index (κ1) is 25.4. The third-order valence-corrected chi connectivity index (χ3v) is 5.76. The molecule has 1 aromatic heterocycles. The fraction of sp³-hybridized carbons (Fsp3) is 0.138. The van der Waals surface area contributed by atoms with Crippen LogP contribution in [0, 0.1) is 5.82 Å². The number of ether oxygens (including phenoxy) is 1. The summed E-state index contributed by atoms with van der Waals surface area (Å²) in [5.74, 6) is 0.578. The van der Waals surface area contributed by atoms with Gasteiger partial charge in [-0.05, 0) is 71.3 Å². The van der Waals surface area contributed by atoms with Crippen LogP contribution in [-0.2, 0) is 7.05 Å². The summed E-state index contributed by atoms with van der Waals surface area (Å²) in [7, 11) is 7.77. The Kier molecular flexibility index (Phi) is 8.45. The molecule has 3 aromatic carbocycles. The lowest BCUT2D eigenvalue weighted by Gasteiger charge is -2.11. The van der Waals surface area contributed by atoms with E-state index in [1.807, 2.05) is 45.4 Å². The summed E-state index contributed by atoms with van der Waals surface area (Å²) >= 11 is 0. The Morgan fingerprint density at radius 1 is 0.765 bits per heavy atom. The highest BCUT2D eigenvalue weighted by molar-refractivity contribution is 5.74. The molecule has 0 aliphatic carbocycles. The number of aromatic nitrogens is 1. The van der Waals surface area contributed by atoms with Crippen molar-refractivity contribution >= 4 is 17.8 Å².